The molecule has 1 rings (SSSR count). The number of carbonyl (C=O) groups is 2. The summed E-state index contributed by atoms with van der Waals surface area (Å²) in [6.45, 7) is 1.37. The van der Waals surface area contributed by atoms with Crippen molar-refractivity contribution in [2.45, 2.75) is 6.92 Å². The van der Waals surface area contributed by atoms with Crippen LogP contribution in [-0.4, -0.2) is 17.1 Å². The molecule has 0 unspecified atom stereocenters. The van der Waals surface area contributed by atoms with Gasteiger partial charge in [0.15, 0.2) is 12.1 Å². The van der Waals surface area contributed by atoms with E-state index >= 15 is 0 Å². The first-order valence-corrected chi connectivity index (χ1v) is 3.55. The Hall–Kier alpha value is -2.02. The maximum Gasteiger partial charge on any atom is 0.168 e. The van der Waals surface area contributed by atoms with Gasteiger partial charge in [0.25, 0.3) is 0 Å². The first-order valence-electron chi connectivity index (χ1n) is 3.55. The van der Waals surface area contributed by atoms with E-state index in [-0.39, 0.29) is 17.2 Å². The number of hydrogen-bond donors (Lipinski definition) is 0. The predicted octanol–water partition coefficient (Wildman–Crippen LogP) is 0.968. The molecule has 0 aromatic carbocycles. The van der Waals surface area contributed by atoms with Gasteiger partial charge < -0.3 is 0 Å². The Morgan fingerprint density at radius 2 is 2.31 bits per heavy atom. The van der Waals surface area contributed by atoms with Crippen molar-refractivity contribution in [3.05, 3.63) is 29.1 Å². The van der Waals surface area contributed by atoms with Crippen LogP contribution >= 0.6 is 0 Å². The summed E-state index contributed by atoms with van der Waals surface area (Å²) in [5, 5.41) is 8.52. The van der Waals surface area contributed by atoms with Gasteiger partial charge in [0.2, 0.25) is 0 Å². The molecule has 4 nitrogen and oxygen atoms in total. The highest BCUT2D eigenvalue weighted by atomic mass is 16.1. The summed E-state index contributed by atoms with van der Waals surface area (Å²) in [4.78, 5) is 25.0. The molecule has 1 aromatic heterocycles. The Bertz CT molecular complexity index is 405. The number of ketones is 1. The van der Waals surface area contributed by atoms with E-state index in [0.717, 1.165) is 0 Å². The molecule has 4 heteroatoms. The van der Waals surface area contributed by atoms with Crippen LogP contribution in [0.4, 0.5) is 0 Å². The molecule has 0 aliphatic carbocycles. The number of rotatable bonds is 2. The minimum Gasteiger partial charge on any atom is -0.296 e. The summed E-state index contributed by atoms with van der Waals surface area (Å²) < 4.78 is 0. The zero-order valence-corrected chi connectivity index (χ0v) is 6.94. The Labute approximate surface area is 74.8 Å². The van der Waals surface area contributed by atoms with Gasteiger partial charge in [-0.25, -0.2) is 4.98 Å². The lowest BCUT2D eigenvalue weighted by atomic mass is 10.1. The van der Waals surface area contributed by atoms with Gasteiger partial charge in [0, 0.05) is 5.56 Å². The number of hydrogen-bond acceptors (Lipinski definition) is 4. The molecule has 0 saturated heterocycles. The topological polar surface area (TPSA) is 70.8 Å². The summed E-state index contributed by atoms with van der Waals surface area (Å²) in [5.74, 6) is -0.193. The number of nitrogens with zero attached hydrogens (tertiary/aromatic N) is 2. The lowest BCUT2D eigenvalue weighted by Gasteiger charge is -1.96. The molecule has 64 valence electrons. The third-order valence-electron chi connectivity index (χ3n) is 1.49. The fraction of sp³-hybridized carbons (Fsp3) is 0.111. The third kappa shape index (κ3) is 1.97. The van der Waals surface area contributed by atoms with Crippen molar-refractivity contribution in [1.29, 1.82) is 5.26 Å². The number of Topliss-reactive ketones (excluding diaryl/α,β-unsaturated/α-hetero) is 1. The van der Waals surface area contributed by atoms with E-state index in [9.17, 15) is 9.59 Å². The zero-order chi connectivity index (χ0) is 9.84. The van der Waals surface area contributed by atoms with Gasteiger partial charge in [-0.15, -0.1) is 0 Å². The molecule has 0 fully saturated rings. The van der Waals surface area contributed by atoms with Crippen LogP contribution in [0.5, 0.6) is 0 Å². The Balaban J connectivity index is 3.32. The lowest BCUT2D eigenvalue weighted by Crippen LogP contribution is -1.98. The number of carbonyl (C=O) groups excluding carboxylic acids is 2. The average molecular weight is 174 g/mol. The molecule has 0 spiro atoms. The molecule has 1 heterocycles. The molecule has 0 bridgehead atoms. The average Bonchev–Trinajstić information content (AvgIpc) is 2.16. The minimum absolute atomic E-state index is 0.0785. The van der Waals surface area contributed by atoms with E-state index in [2.05, 4.69) is 4.98 Å². The van der Waals surface area contributed by atoms with Gasteiger partial charge in [0.1, 0.15) is 17.5 Å². The second kappa shape index (κ2) is 3.59. The molecule has 0 aliphatic rings. The second-order valence-corrected chi connectivity index (χ2v) is 2.45. The van der Waals surface area contributed by atoms with Crippen LogP contribution in [0.3, 0.4) is 0 Å². The SMILES string of the molecule is CC(=O)c1cc(C#N)nc(C=O)c1. The quantitative estimate of drug-likeness (QED) is 0.494. The monoisotopic (exact) mass is 174 g/mol. The standard InChI is InChI=1S/C9H6N2O2/c1-6(13)7-2-8(4-10)11-9(3-7)5-12/h2-3,5H,1H3. The van der Waals surface area contributed by atoms with E-state index < -0.39 is 0 Å². The first kappa shape index (κ1) is 9.07. The van der Waals surface area contributed by atoms with Gasteiger partial charge in [0.05, 0.1) is 0 Å². The zero-order valence-electron chi connectivity index (χ0n) is 6.94. The maximum absolute atomic E-state index is 10.9. The highest BCUT2D eigenvalue weighted by Crippen LogP contribution is 2.04. The van der Waals surface area contributed by atoms with Gasteiger partial charge in [-0.1, -0.05) is 0 Å². The Morgan fingerprint density at radius 1 is 1.62 bits per heavy atom. The molecular weight excluding hydrogens is 168 g/mol. The fourth-order valence-corrected chi connectivity index (χ4v) is 0.873. The fourth-order valence-electron chi connectivity index (χ4n) is 0.873. The molecule has 0 N–H and O–H groups in total. The highest BCUT2D eigenvalue weighted by Gasteiger charge is 2.04. The van der Waals surface area contributed by atoms with Crippen LogP contribution in [0.1, 0.15) is 33.5 Å². The molecule has 0 radical (unpaired) electrons. The van der Waals surface area contributed by atoms with Crippen molar-refractivity contribution in [2.24, 2.45) is 0 Å². The minimum atomic E-state index is -0.193. The van der Waals surface area contributed by atoms with Crippen molar-refractivity contribution < 1.29 is 9.59 Å². The lowest BCUT2D eigenvalue weighted by molar-refractivity contribution is 0.101. The first-order chi connectivity index (χ1) is 6.17. The van der Waals surface area contributed by atoms with Gasteiger partial charge in [-0.3, -0.25) is 9.59 Å². The third-order valence-corrected chi connectivity index (χ3v) is 1.49. The van der Waals surface area contributed by atoms with Crippen molar-refractivity contribution in [3.63, 3.8) is 0 Å². The van der Waals surface area contributed by atoms with Gasteiger partial charge in [-0.2, -0.15) is 5.26 Å². The molecule has 0 saturated carbocycles. The smallest absolute Gasteiger partial charge is 0.168 e. The van der Waals surface area contributed by atoms with Gasteiger partial charge in [-0.05, 0) is 19.1 Å². The molecule has 1 aromatic rings. The van der Waals surface area contributed by atoms with Crippen LogP contribution in [0.15, 0.2) is 12.1 Å². The molecule has 13 heavy (non-hydrogen) atoms. The molecule has 0 aliphatic heterocycles. The maximum atomic E-state index is 10.9. The van der Waals surface area contributed by atoms with Crippen LogP contribution in [0, 0.1) is 11.3 Å². The summed E-state index contributed by atoms with van der Waals surface area (Å²) in [7, 11) is 0. The predicted molar refractivity (Wildman–Crippen MR) is 44.3 cm³/mol. The van der Waals surface area contributed by atoms with Crippen molar-refractivity contribution in [2.75, 3.05) is 0 Å². The van der Waals surface area contributed by atoms with E-state index in [0.29, 0.717) is 11.8 Å². The summed E-state index contributed by atoms with van der Waals surface area (Å²) in [5.41, 5.74) is 0.507. The highest BCUT2D eigenvalue weighted by molar-refractivity contribution is 5.95. The molecular formula is C9H6N2O2. The Morgan fingerprint density at radius 3 is 2.77 bits per heavy atom. The van der Waals surface area contributed by atoms with E-state index in [4.69, 9.17) is 5.26 Å². The molecule has 0 atom stereocenters. The second-order valence-electron chi connectivity index (χ2n) is 2.45. The van der Waals surface area contributed by atoms with Crippen molar-refractivity contribution >= 4 is 12.1 Å². The summed E-state index contributed by atoms with van der Waals surface area (Å²) in [6, 6.07) is 4.49. The van der Waals surface area contributed by atoms with Crippen LogP contribution < -0.4 is 0 Å². The summed E-state index contributed by atoms with van der Waals surface area (Å²) in [6.07, 6.45) is 0.507. The van der Waals surface area contributed by atoms with Crippen molar-refractivity contribution in [1.82, 2.24) is 4.98 Å². The Kier molecular flexibility index (Phi) is 2.50. The van der Waals surface area contributed by atoms with Crippen LogP contribution in [0.25, 0.3) is 0 Å². The van der Waals surface area contributed by atoms with E-state index in [1.165, 1.54) is 19.1 Å². The number of pyridine rings is 1. The molecule has 0 amide bonds. The van der Waals surface area contributed by atoms with Crippen LogP contribution in [-0.2, 0) is 0 Å². The van der Waals surface area contributed by atoms with Gasteiger partial charge >= 0.3 is 0 Å². The summed E-state index contributed by atoms with van der Waals surface area (Å²) >= 11 is 0. The number of aromatic nitrogens is 1. The van der Waals surface area contributed by atoms with Crippen LogP contribution in [0.2, 0.25) is 0 Å². The largest absolute Gasteiger partial charge is 0.296 e. The number of aldehydes is 1. The van der Waals surface area contributed by atoms with Crippen molar-refractivity contribution in [3.8, 4) is 6.07 Å². The normalized spacial score (nSPS) is 8.92. The van der Waals surface area contributed by atoms with E-state index in [1.807, 2.05) is 0 Å². The number of nitriles is 1. The van der Waals surface area contributed by atoms with E-state index in [1.54, 1.807) is 6.07 Å².